The molecule has 1 heterocycles. The Kier molecular flexibility index (Phi) is 4.45. The molecule has 4 heteroatoms. The van der Waals surface area contributed by atoms with Crippen LogP contribution in [0.3, 0.4) is 0 Å². The molecule has 0 aliphatic carbocycles. The maximum atomic E-state index is 6.28. The summed E-state index contributed by atoms with van der Waals surface area (Å²) in [5, 5.41) is 5.91. The molecule has 0 aliphatic heterocycles. The van der Waals surface area contributed by atoms with Gasteiger partial charge in [-0.2, -0.15) is 5.10 Å². The van der Waals surface area contributed by atoms with Crippen molar-refractivity contribution >= 4 is 10.9 Å². The molecule has 0 saturated heterocycles. The van der Waals surface area contributed by atoms with Gasteiger partial charge in [-0.25, -0.2) is 0 Å². The molecule has 2 aromatic rings. The van der Waals surface area contributed by atoms with Crippen LogP contribution in [0.25, 0.3) is 10.9 Å². The van der Waals surface area contributed by atoms with Gasteiger partial charge in [0.25, 0.3) is 0 Å². The summed E-state index contributed by atoms with van der Waals surface area (Å²) in [4.78, 5) is 0. The molecule has 0 bridgehead atoms. The molecule has 4 nitrogen and oxygen atoms in total. The van der Waals surface area contributed by atoms with Crippen LogP contribution in [0.5, 0.6) is 0 Å². The first-order valence-corrected chi connectivity index (χ1v) is 7.22. The summed E-state index contributed by atoms with van der Waals surface area (Å²) >= 11 is 0. The number of nitrogens with zero attached hydrogens (tertiary/aromatic N) is 2. The zero-order chi connectivity index (χ0) is 14.8. The molecule has 1 aromatic heterocycles. The molecule has 0 spiro atoms. The van der Waals surface area contributed by atoms with Gasteiger partial charge in [-0.1, -0.05) is 18.2 Å². The van der Waals surface area contributed by atoms with E-state index in [0.717, 1.165) is 25.1 Å². The van der Waals surface area contributed by atoms with Crippen LogP contribution >= 0.6 is 0 Å². The lowest BCUT2D eigenvalue weighted by molar-refractivity contribution is 0.0101. The minimum absolute atomic E-state index is 0.0496. The van der Waals surface area contributed by atoms with Crippen LogP contribution in [-0.4, -0.2) is 28.5 Å². The standard InChI is InChI=1S/C16H25N3O/c1-5-19-15-9-7-6-8-13(15)14(18-19)10-12(17)11-16(2,3)20-4/h6-9,12H,5,10-11,17H2,1-4H3. The number of hydrogen-bond acceptors (Lipinski definition) is 3. The van der Waals surface area contributed by atoms with Gasteiger partial charge < -0.3 is 10.5 Å². The molecule has 1 atom stereocenters. The number of methoxy groups -OCH3 is 1. The Morgan fingerprint density at radius 2 is 2.05 bits per heavy atom. The summed E-state index contributed by atoms with van der Waals surface area (Å²) in [6.45, 7) is 7.11. The van der Waals surface area contributed by atoms with Crippen molar-refractivity contribution in [3.63, 3.8) is 0 Å². The number of para-hydroxylation sites is 1. The van der Waals surface area contributed by atoms with Crippen molar-refractivity contribution in [3.8, 4) is 0 Å². The van der Waals surface area contributed by atoms with Gasteiger partial charge in [-0.05, 0) is 33.3 Å². The molecular formula is C16H25N3O. The first-order chi connectivity index (χ1) is 9.46. The quantitative estimate of drug-likeness (QED) is 0.882. The van der Waals surface area contributed by atoms with Crippen molar-refractivity contribution in [1.82, 2.24) is 9.78 Å². The van der Waals surface area contributed by atoms with Crippen LogP contribution in [-0.2, 0) is 17.7 Å². The molecule has 0 radical (unpaired) electrons. The predicted molar refractivity (Wildman–Crippen MR) is 82.8 cm³/mol. The highest BCUT2D eigenvalue weighted by Crippen LogP contribution is 2.22. The summed E-state index contributed by atoms with van der Waals surface area (Å²) in [5.74, 6) is 0. The van der Waals surface area contributed by atoms with Gasteiger partial charge >= 0.3 is 0 Å². The fourth-order valence-corrected chi connectivity index (χ4v) is 2.62. The minimum Gasteiger partial charge on any atom is -0.379 e. The molecule has 0 amide bonds. The second-order valence-corrected chi connectivity index (χ2v) is 5.91. The molecule has 0 saturated carbocycles. The van der Waals surface area contributed by atoms with Crippen LogP contribution in [0.4, 0.5) is 0 Å². The van der Waals surface area contributed by atoms with Crippen molar-refractivity contribution in [1.29, 1.82) is 0 Å². The number of aromatic nitrogens is 2. The lowest BCUT2D eigenvalue weighted by atomic mass is 9.95. The Hall–Kier alpha value is -1.39. The van der Waals surface area contributed by atoms with Gasteiger partial charge in [0.15, 0.2) is 0 Å². The van der Waals surface area contributed by atoms with Crippen LogP contribution in [0.1, 0.15) is 32.9 Å². The van der Waals surface area contributed by atoms with Gasteiger partial charge in [0.2, 0.25) is 0 Å². The SMILES string of the molecule is CCn1nc(CC(N)CC(C)(C)OC)c2ccccc21. The van der Waals surface area contributed by atoms with Gasteiger partial charge in [-0.3, -0.25) is 4.68 Å². The van der Waals surface area contributed by atoms with Gasteiger partial charge in [0.1, 0.15) is 0 Å². The van der Waals surface area contributed by atoms with E-state index in [9.17, 15) is 0 Å². The number of aryl methyl sites for hydroxylation is 1. The lowest BCUT2D eigenvalue weighted by Gasteiger charge is -2.26. The van der Waals surface area contributed by atoms with Gasteiger partial charge in [0, 0.05) is 31.5 Å². The summed E-state index contributed by atoms with van der Waals surface area (Å²) in [6, 6.07) is 8.39. The molecule has 110 valence electrons. The van der Waals surface area contributed by atoms with Crippen molar-refractivity contribution in [2.24, 2.45) is 5.73 Å². The Balaban J connectivity index is 2.21. The number of benzene rings is 1. The van der Waals surface area contributed by atoms with E-state index in [0.29, 0.717) is 0 Å². The average molecular weight is 275 g/mol. The molecule has 0 fully saturated rings. The molecule has 1 unspecified atom stereocenters. The smallest absolute Gasteiger partial charge is 0.0718 e. The largest absolute Gasteiger partial charge is 0.379 e. The van der Waals surface area contributed by atoms with E-state index in [2.05, 4.69) is 39.0 Å². The third kappa shape index (κ3) is 3.19. The third-order valence-corrected chi connectivity index (χ3v) is 3.80. The molecule has 2 rings (SSSR count). The number of fused-ring (bicyclic) bond motifs is 1. The Bertz CT molecular complexity index is 574. The second-order valence-electron chi connectivity index (χ2n) is 5.91. The lowest BCUT2D eigenvalue weighted by Crippen LogP contribution is -2.35. The topological polar surface area (TPSA) is 53.1 Å². The number of hydrogen-bond donors (Lipinski definition) is 1. The van der Waals surface area contributed by atoms with E-state index in [1.165, 1.54) is 10.9 Å². The highest BCUT2D eigenvalue weighted by Gasteiger charge is 2.22. The second kappa shape index (κ2) is 5.94. The monoisotopic (exact) mass is 275 g/mol. The van der Waals surface area contributed by atoms with Crippen LogP contribution < -0.4 is 5.73 Å². The van der Waals surface area contributed by atoms with Crippen molar-refractivity contribution in [2.45, 2.75) is 51.8 Å². The van der Waals surface area contributed by atoms with Crippen LogP contribution in [0, 0.1) is 0 Å². The van der Waals surface area contributed by atoms with Crippen LogP contribution in [0.2, 0.25) is 0 Å². The first kappa shape index (κ1) is 15.0. The fourth-order valence-electron chi connectivity index (χ4n) is 2.62. The summed E-state index contributed by atoms with van der Waals surface area (Å²) in [7, 11) is 1.73. The zero-order valence-electron chi connectivity index (χ0n) is 12.9. The third-order valence-electron chi connectivity index (χ3n) is 3.80. The minimum atomic E-state index is -0.192. The normalized spacial score (nSPS) is 13.8. The Labute approximate surface area is 120 Å². The van der Waals surface area contributed by atoms with E-state index in [-0.39, 0.29) is 11.6 Å². The molecule has 2 N–H and O–H groups in total. The maximum Gasteiger partial charge on any atom is 0.0718 e. The van der Waals surface area contributed by atoms with E-state index >= 15 is 0 Å². The fraction of sp³-hybridized carbons (Fsp3) is 0.562. The van der Waals surface area contributed by atoms with Crippen molar-refractivity contribution in [3.05, 3.63) is 30.0 Å². The van der Waals surface area contributed by atoms with E-state index < -0.39 is 0 Å². The summed E-state index contributed by atoms with van der Waals surface area (Å²) in [6.07, 6.45) is 1.59. The number of nitrogens with two attached hydrogens (primary N) is 1. The van der Waals surface area contributed by atoms with Crippen molar-refractivity contribution < 1.29 is 4.74 Å². The molecule has 1 aromatic carbocycles. The molecular weight excluding hydrogens is 250 g/mol. The van der Waals surface area contributed by atoms with Gasteiger partial charge in [0.05, 0.1) is 16.8 Å². The predicted octanol–water partition coefficient (Wildman–Crippen LogP) is 2.74. The highest BCUT2D eigenvalue weighted by atomic mass is 16.5. The van der Waals surface area contributed by atoms with Gasteiger partial charge in [-0.15, -0.1) is 0 Å². The Morgan fingerprint density at radius 3 is 2.70 bits per heavy atom. The van der Waals surface area contributed by atoms with E-state index in [1.54, 1.807) is 7.11 Å². The number of ether oxygens (including phenoxy) is 1. The average Bonchev–Trinajstić information content (AvgIpc) is 2.76. The maximum absolute atomic E-state index is 6.28. The van der Waals surface area contributed by atoms with E-state index in [4.69, 9.17) is 15.6 Å². The van der Waals surface area contributed by atoms with Crippen molar-refractivity contribution in [2.75, 3.05) is 7.11 Å². The molecule has 20 heavy (non-hydrogen) atoms. The molecule has 0 aliphatic rings. The van der Waals surface area contributed by atoms with Crippen LogP contribution in [0.15, 0.2) is 24.3 Å². The van der Waals surface area contributed by atoms with E-state index in [1.807, 2.05) is 10.7 Å². The first-order valence-electron chi connectivity index (χ1n) is 7.22. The Morgan fingerprint density at radius 1 is 1.35 bits per heavy atom. The zero-order valence-corrected chi connectivity index (χ0v) is 12.9. The summed E-state index contributed by atoms with van der Waals surface area (Å²) in [5.41, 5.74) is 8.36. The number of rotatable bonds is 6. The summed E-state index contributed by atoms with van der Waals surface area (Å²) < 4.78 is 7.49. The highest BCUT2D eigenvalue weighted by molar-refractivity contribution is 5.82.